The predicted octanol–water partition coefficient (Wildman–Crippen LogP) is 5.54. The van der Waals surface area contributed by atoms with E-state index in [9.17, 15) is 4.91 Å². The fourth-order valence-corrected chi connectivity index (χ4v) is 6.82. The number of hydrogen-bond acceptors (Lipinski definition) is 2. The molecule has 4 aliphatic rings. The Hall–Kier alpha value is -0.660. The van der Waals surface area contributed by atoms with Gasteiger partial charge in [-0.2, -0.15) is 0 Å². The Labute approximate surface area is 128 Å². The highest BCUT2D eigenvalue weighted by atomic mass is 16.3. The van der Waals surface area contributed by atoms with Gasteiger partial charge in [-0.25, -0.2) is 0 Å². The molecule has 4 rings (SSSR count). The molecule has 0 bridgehead atoms. The minimum atomic E-state index is 0.633. The number of allylic oxidation sites excluding steroid dienone is 2. The lowest BCUT2D eigenvalue weighted by Crippen LogP contribution is -2.47. The van der Waals surface area contributed by atoms with E-state index in [1.165, 1.54) is 38.5 Å². The number of rotatable bonds is 1. The molecule has 21 heavy (non-hydrogen) atoms. The SMILES string of the molecule is C[C@H]1CCC2C3CCC4CC(N=O)=CCC4C3CC[C@@]21C. The molecule has 2 heteroatoms. The first-order chi connectivity index (χ1) is 10.1. The molecule has 0 aromatic carbocycles. The van der Waals surface area contributed by atoms with Gasteiger partial charge in [-0.15, -0.1) is 4.91 Å². The highest BCUT2D eigenvalue weighted by Crippen LogP contribution is 2.63. The van der Waals surface area contributed by atoms with Crippen LogP contribution < -0.4 is 0 Å². The average molecular weight is 287 g/mol. The van der Waals surface area contributed by atoms with Gasteiger partial charge in [-0.1, -0.05) is 19.9 Å². The van der Waals surface area contributed by atoms with Gasteiger partial charge in [0.2, 0.25) is 0 Å². The Morgan fingerprint density at radius 1 is 1.10 bits per heavy atom. The van der Waals surface area contributed by atoms with Crippen LogP contribution in [0, 0.1) is 45.8 Å². The number of hydrogen-bond donors (Lipinski definition) is 0. The Bertz CT molecular complexity index is 470. The Morgan fingerprint density at radius 3 is 2.76 bits per heavy atom. The van der Waals surface area contributed by atoms with Crippen molar-refractivity contribution in [3.63, 3.8) is 0 Å². The summed E-state index contributed by atoms with van der Waals surface area (Å²) in [5, 5.41) is 3.23. The van der Waals surface area contributed by atoms with Crippen molar-refractivity contribution in [3.8, 4) is 0 Å². The molecular weight excluding hydrogens is 258 g/mol. The van der Waals surface area contributed by atoms with E-state index in [-0.39, 0.29) is 0 Å². The highest BCUT2D eigenvalue weighted by molar-refractivity contribution is 5.12. The summed E-state index contributed by atoms with van der Waals surface area (Å²) in [5.74, 6) is 5.45. The lowest BCUT2D eigenvalue weighted by molar-refractivity contribution is -0.0503. The summed E-state index contributed by atoms with van der Waals surface area (Å²) >= 11 is 0. The molecule has 5 unspecified atom stereocenters. The minimum absolute atomic E-state index is 0.633. The van der Waals surface area contributed by atoms with Crippen LogP contribution in [0.25, 0.3) is 0 Å². The van der Waals surface area contributed by atoms with Gasteiger partial charge >= 0.3 is 0 Å². The minimum Gasteiger partial charge on any atom is -0.145 e. The smallest absolute Gasteiger partial charge is 0.0812 e. The molecule has 0 heterocycles. The van der Waals surface area contributed by atoms with Crippen LogP contribution in [0.1, 0.15) is 65.2 Å². The third-order valence-corrected chi connectivity index (χ3v) is 8.21. The first kappa shape index (κ1) is 14.0. The van der Waals surface area contributed by atoms with Crippen LogP contribution in [0.2, 0.25) is 0 Å². The summed E-state index contributed by atoms with van der Waals surface area (Å²) < 4.78 is 0. The van der Waals surface area contributed by atoms with Crippen molar-refractivity contribution in [1.82, 2.24) is 0 Å². The van der Waals surface area contributed by atoms with Crippen LogP contribution in [0.3, 0.4) is 0 Å². The molecular formula is C19H29NO. The van der Waals surface area contributed by atoms with E-state index >= 15 is 0 Å². The topological polar surface area (TPSA) is 29.4 Å². The molecule has 0 aromatic rings. The van der Waals surface area contributed by atoms with Crippen molar-refractivity contribution in [2.75, 3.05) is 0 Å². The van der Waals surface area contributed by atoms with E-state index < -0.39 is 0 Å². The quantitative estimate of drug-likeness (QED) is 0.582. The van der Waals surface area contributed by atoms with Gasteiger partial charge < -0.3 is 0 Å². The first-order valence-electron chi connectivity index (χ1n) is 9.16. The van der Waals surface area contributed by atoms with Crippen molar-refractivity contribution in [2.45, 2.75) is 65.2 Å². The van der Waals surface area contributed by atoms with E-state index in [1.807, 2.05) is 0 Å². The third kappa shape index (κ3) is 1.97. The van der Waals surface area contributed by atoms with E-state index in [0.29, 0.717) is 5.41 Å². The van der Waals surface area contributed by atoms with Crippen LogP contribution >= 0.6 is 0 Å². The maximum atomic E-state index is 10.8. The number of fused-ring (bicyclic) bond motifs is 5. The molecule has 2 nitrogen and oxygen atoms in total. The standard InChI is InChI=1S/C19H29NO/c1-12-3-8-18-17-6-4-13-11-14(20-21)5-7-15(13)16(17)9-10-19(12,18)2/h5,12-13,15-18H,3-4,6-11H2,1-2H3/t12-,13?,15?,16?,17?,18?,19+/m0/s1. The molecule has 0 N–H and O–H groups in total. The number of nitrogens with zero attached hydrogens (tertiary/aromatic N) is 1. The normalized spacial score (nSPS) is 52.4. The largest absolute Gasteiger partial charge is 0.145 e. The highest BCUT2D eigenvalue weighted by Gasteiger charge is 2.55. The van der Waals surface area contributed by atoms with Gasteiger partial charge in [0.25, 0.3) is 0 Å². The lowest BCUT2D eigenvalue weighted by Gasteiger charge is -2.55. The fraction of sp³-hybridized carbons (Fsp3) is 0.895. The molecule has 0 aromatic heterocycles. The van der Waals surface area contributed by atoms with Crippen LogP contribution in [-0.4, -0.2) is 0 Å². The van der Waals surface area contributed by atoms with Crippen molar-refractivity contribution in [2.24, 2.45) is 46.1 Å². The summed E-state index contributed by atoms with van der Waals surface area (Å²) in [6.07, 6.45) is 12.9. The second kappa shape index (κ2) is 4.93. The molecule has 116 valence electrons. The molecule has 0 amide bonds. The fourth-order valence-electron chi connectivity index (χ4n) is 6.82. The Morgan fingerprint density at radius 2 is 1.95 bits per heavy atom. The maximum Gasteiger partial charge on any atom is 0.0812 e. The molecule has 7 atom stereocenters. The molecule has 0 saturated heterocycles. The van der Waals surface area contributed by atoms with Crippen molar-refractivity contribution >= 4 is 0 Å². The van der Waals surface area contributed by atoms with Crippen LogP contribution in [-0.2, 0) is 0 Å². The Kier molecular flexibility index (Phi) is 3.28. The molecule has 0 aliphatic heterocycles. The van der Waals surface area contributed by atoms with E-state index in [4.69, 9.17) is 0 Å². The van der Waals surface area contributed by atoms with Gasteiger partial charge in [0.15, 0.2) is 0 Å². The molecule has 0 spiro atoms. The van der Waals surface area contributed by atoms with E-state index in [1.54, 1.807) is 0 Å². The van der Waals surface area contributed by atoms with Gasteiger partial charge in [0, 0.05) is 0 Å². The van der Waals surface area contributed by atoms with Gasteiger partial charge in [0.05, 0.1) is 5.70 Å². The van der Waals surface area contributed by atoms with Crippen LogP contribution in [0.4, 0.5) is 0 Å². The number of nitroso groups, excluding NO2 is 1. The first-order valence-corrected chi connectivity index (χ1v) is 9.16. The van der Waals surface area contributed by atoms with Crippen molar-refractivity contribution < 1.29 is 0 Å². The summed E-state index contributed by atoms with van der Waals surface area (Å²) in [6.45, 7) is 5.09. The zero-order chi connectivity index (χ0) is 14.6. The summed E-state index contributed by atoms with van der Waals surface area (Å²) in [4.78, 5) is 10.8. The third-order valence-electron chi connectivity index (χ3n) is 8.21. The zero-order valence-corrected chi connectivity index (χ0v) is 13.6. The molecule has 4 aliphatic carbocycles. The molecule has 3 saturated carbocycles. The van der Waals surface area contributed by atoms with Crippen LogP contribution in [0.5, 0.6) is 0 Å². The molecule has 3 fully saturated rings. The lowest BCUT2D eigenvalue weighted by atomic mass is 9.50. The van der Waals surface area contributed by atoms with Gasteiger partial charge in [-0.05, 0) is 97.5 Å². The summed E-state index contributed by atoms with van der Waals surface area (Å²) in [7, 11) is 0. The predicted molar refractivity (Wildman–Crippen MR) is 85.5 cm³/mol. The van der Waals surface area contributed by atoms with Gasteiger partial charge in [-0.3, -0.25) is 0 Å². The summed E-state index contributed by atoms with van der Waals surface area (Å²) in [5.41, 5.74) is 1.47. The van der Waals surface area contributed by atoms with E-state index in [2.05, 4.69) is 25.1 Å². The van der Waals surface area contributed by atoms with Crippen LogP contribution in [0.15, 0.2) is 16.9 Å². The van der Waals surface area contributed by atoms with E-state index in [0.717, 1.165) is 54.0 Å². The average Bonchev–Trinajstić information content (AvgIpc) is 2.82. The van der Waals surface area contributed by atoms with Crippen molar-refractivity contribution in [3.05, 3.63) is 16.7 Å². The summed E-state index contributed by atoms with van der Waals surface area (Å²) in [6, 6.07) is 0. The second-order valence-corrected chi connectivity index (χ2v) is 8.68. The zero-order valence-electron chi connectivity index (χ0n) is 13.6. The second-order valence-electron chi connectivity index (χ2n) is 8.68. The molecule has 0 radical (unpaired) electrons. The van der Waals surface area contributed by atoms with Crippen molar-refractivity contribution in [1.29, 1.82) is 0 Å². The maximum absolute atomic E-state index is 10.8. The van der Waals surface area contributed by atoms with Gasteiger partial charge in [0.1, 0.15) is 0 Å². The monoisotopic (exact) mass is 287 g/mol. The Balaban J connectivity index is 1.58.